The van der Waals surface area contributed by atoms with Crippen molar-refractivity contribution in [2.75, 3.05) is 6.54 Å². The first kappa shape index (κ1) is 12.8. The molecule has 102 valence electrons. The van der Waals surface area contributed by atoms with Gasteiger partial charge in [-0.15, -0.1) is 0 Å². The quantitative estimate of drug-likeness (QED) is 0.763. The Bertz CT molecular complexity index is 694. The monoisotopic (exact) mass is 268 g/mol. The lowest BCUT2D eigenvalue weighted by molar-refractivity contribution is 0.147. The molecule has 4 nitrogen and oxygen atoms in total. The third-order valence-corrected chi connectivity index (χ3v) is 3.58. The SMILES string of the molecule is NCC(c1cccnc1)C(O)c1coc2ccccc12. The van der Waals surface area contributed by atoms with Crippen LogP contribution in [0.3, 0.4) is 0 Å². The maximum Gasteiger partial charge on any atom is 0.134 e. The van der Waals surface area contributed by atoms with Crippen LogP contribution in [0, 0.1) is 0 Å². The second-order valence-electron chi connectivity index (χ2n) is 4.76. The molecular weight excluding hydrogens is 252 g/mol. The van der Waals surface area contributed by atoms with E-state index in [0.717, 1.165) is 22.1 Å². The smallest absolute Gasteiger partial charge is 0.134 e. The number of nitrogens with zero attached hydrogens (tertiary/aromatic N) is 1. The Morgan fingerprint density at radius 3 is 2.80 bits per heavy atom. The lowest BCUT2D eigenvalue weighted by Gasteiger charge is -2.20. The highest BCUT2D eigenvalue weighted by atomic mass is 16.3. The van der Waals surface area contributed by atoms with Crippen molar-refractivity contribution in [2.45, 2.75) is 12.0 Å². The van der Waals surface area contributed by atoms with Gasteiger partial charge in [-0.05, 0) is 17.7 Å². The molecule has 0 aliphatic heterocycles. The van der Waals surface area contributed by atoms with Crippen molar-refractivity contribution in [3.63, 3.8) is 0 Å². The molecule has 0 fully saturated rings. The molecule has 3 rings (SSSR count). The summed E-state index contributed by atoms with van der Waals surface area (Å²) in [6.07, 6.45) is 4.33. The first-order chi connectivity index (χ1) is 9.81. The Kier molecular flexibility index (Phi) is 3.50. The largest absolute Gasteiger partial charge is 0.464 e. The molecule has 20 heavy (non-hydrogen) atoms. The molecule has 0 spiro atoms. The number of pyridine rings is 1. The van der Waals surface area contributed by atoms with Gasteiger partial charge in [0.05, 0.1) is 12.4 Å². The second-order valence-corrected chi connectivity index (χ2v) is 4.76. The number of aliphatic hydroxyl groups is 1. The van der Waals surface area contributed by atoms with Crippen molar-refractivity contribution < 1.29 is 9.52 Å². The molecule has 0 amide bonds. The molecular formula is C16H16N2O2. The minimum absolute atomic E-state index is 0.204. The van der Waals surface area contributed by atoms with Crippen molar-refractivity contribution >= 4 is 11.0 Å². The summed E-state index contributed by atoms with van der Waals surface area (Å²) in [6, 6.07) is 11.4. The highest BCUT2D eigenvalue weighted by molar-refractivity contribution is 5.81. The summed E-state index contributed by atoms with van der Waals surface area (Å²) in [5, 5.41) is 11.6. The number of aromatic nitrogens is 1. The predicted octanol–water partition coefficient (Wildman–Crippen LogP) is 2.60. The average molecular weight is 268 g/mol. The number of furan rings is 1. The molecule has 0 radical (unpaired) electrons. The van der Waals surface area contributed by atoms with E-state index in [1.807, 2.05) is 36.4 Å². The summed E-state index contributed by atoms with van der Waals surface area (Å²) in [4.78, 5) is 4.09. The molecule has 0 aliphatic carbocycles. The van der Waals surface area contributed by atoms with Crippen LogP contribution in [0.2, 0.25) is 0 Å². The van der Waals surface area contributed by atoms with Gasteiger partial charge in [0.15, 0.2) is 0 Å². The summed E-state index contributed by atoms with van der Waals surface area (Å²) in [6.45, 7) is 0.340. The van der Waals surface area contributed by atoms with Crippen LogP contribution in [-0.2, 0) is 0 Å². The Morgan fingerprint density at radius 1 is 1.20 bits per heavy atom. The third-order valence-electron chi connectivity index (χ3n) is 3.58. The molecule has 3 N–H and O–H groups in total. The lowest BCUT2D eigenvalue weighted by Crippen LogP contribution is -2.20. The van der Waals surface area contributed by atoms with Crippen LogP contribution in [0.5, 0.6) is 0 Å². The number of rotatable bonds is 4. The summed E-state index contributed by atoms with van der Waals surface area (Å²) in [7, 11) is 0. The van der Waals surface area contributed by atoms with Crippen LogP contribution in [0.1, 0.15) is 23.1 Å². The Morgan fingerprint density at radius 2 is 2.05 bits per heavy atom. The van der Waals surface area contributed by atoms with E-state index in [9.17, 15) is 5.11 Å². The van der Waals surface area contributed by atoms with E-state index in [1.54, 1.807) is 18.7 Å². The number of hydrogen-bond acceptors (Lipinski definition) is 4. The minimum atomic E-state index is -0.715. The topological polar surface area (TPSA) is 72.3 Å². The zero-order chi connectivity index (χ0) is 13.9. The molecule has 2 aromatic heterocycles. The first-order valence-corrected chi connectivity index (χ1v) is 6.55. The Labute approximate surface area is 116 Å². The van der Waals surface area contributed by atoms with Crippen molar-refractivity contribution in [3.8, 4) is 0 Å². The predicted molar refractivity (Wildman–Crippen MR) is 77.2 cm³/mol. The highest BCUT2D eigenvalue weighted by Crippen LogP contribution is 2.34. The summed E-state index contributed by atoms with van der Waals surface area (Å²) >= 11 is 0. The van der Waals surface area contributed by atoms with Crippen LogP contribution in [0.4, 0.5) is 0 Å². The van der Waals surface area contributed by atoms with E-state index in [4.69, 9.17) is 10.2 Å². The molecule has 2 atom stereocenters. The lowest BCUT2D eigenvalue weighted by atomic mass is 9.90. The van der Waals surface area contributed by atoms with Crippen LogP contribution in [0.15, 0.2) is 59.5 Å². The summed E-state index contributed by atoms with van der Waals surface area (Å²) in [5.41, 5.74) is 8.29. The van der Waals surface area contributed by atoms with Gasteiger partial charge >= 0.3 is 0 Å². The van der Waals surface area contributed by atoms with Gasteiger partial charge in [0.2, 0.25) is 0 Å². The summed E-state index contributed by atoms with van der Waals surface area (Å²) < 4.78 is 5.48. The molecule has 0 saturated heterocycles. The standard InChI is InChI=1S/C16H16N2O2/c17-8-13(11-4-3-7-18-9-11)16(19)14-10-20-15-6-2-1-5-12(14)15/h1-7,9-10,13,16,19H,8,17H2. The van der Waals surface area contributed by atoms with Gasteiger partial charge in [-0.25, -0.2) is 0 Å². The fourth-order valence-electron chi connectivity index (χ4n) is 2.49. The van der Waals surface area contributed by atoms with Crippen LogP contribution in [0.25, 0.3) is 11.0 Å². The van der Waals surface area contributed by atoms with Crippen LogP contribution >= 0.6 is 0 Å². The van der Waals surface area contributed by atoms with Gasteiger partial charge < -0.3 is 15.3 Å². The van der Waals surface area contributed by atoms with Crippen LogP contribution in [-0.4, -0.2) is 16.6 Å². The molecule has 1 aromatic carbocycles. The van der Waals surface area contributed by atoms with Gasteiger partial charge in [0.25, 0.3) is 0 Å². The zero-order valence-electron chi connectivity index (χ0n) is 10.9. The normalized spacial score (nSPS) is 14.3. The Balaban J connectivity index is 2.00. The molecule has 2 heterocycles. The maximum atomic E-state index is 10.7. The van der Waals surface area contributed by atoms with Crippen molar-refractivity contribution in [3.05, 3.63) is 66.2 Å². The van der Waals surface area contributed by atoms with E-state index in [0.29, 0.717) is 6.54 Å². The van der Waals surface area contributed by atoms with E-state index >= 15 is 0 Å². The van der Waals surface area contributed by atoms with E-state index < -0.39 is 6.10 Å². The van der Waals surface area contributed by atoms with Gasteiger partial charge in [0.1, 0.15) is 5.58 Å². The van der Waals surface area contributed by atoms with Gasteiger partial charge in [-0.3, -0.25) is 4.98 Å². The molecule has 0 saturated carbocycles. The molecule has 2 unspecified atom stereocenters. The van der Waals surface area contributed by atoms with E-state index in [-0.39, 0.29) is 5.92 Å². The zero-order valence-corrected chi connectivity index (χ0v) is 10.9. The fourth-order valence-corrected chi connectivity index (χ4v) is 2.49. The highest BCUT2D eigenvalue weighted by Gasteiger charge is 2.24. The number of para-hydroxylation sites is 1. The van der Waals surface area contributed by atoms with Crippen molar-refractivity contribution in [1.82, 2.24) is 4.98 Å². The first-order valence-electron chi connectivity index (χ1n) is 6.55. The third kappa shape index (κ3) is 2.19. The number of nitrogens with two attached hydrogens (primary N) is 1. The molecule has 3 aromatic rings. The number of fused-ring (bicyclic) bond motifs is 1. The van der Waals surface area contributed by atoms with E-state index in [2.05, 4.69) is 4.98 Å². The number of hydrogen-bond donors (Lipinski definition) is 2. The van der Waals surface area contributed by atoms with Gasteiger partial charge in [-0.1, -0.05) is 24.3 Å². The van der Waals surface area contributed by atoms with Crippen molar-refractivity contribution in [2.24, 2.45) is 5.73 Å². The van der Waals surface area contributed by atoms with E-state index in [1.165, 1.54) is 0 Å². The molecule has 0 bridgehead atoms. The number of benzene rings is 1. The van der Waals surface area contributed by atoms with Crippen molar-refractivity contribution in [1.29, 1.82) is 0 Å². The van der Waals surface area contributed by atoms with Gasteiger partial charge in [0, 0.05) is 35.8 Å². The number of aliphatic hydroxyl groups excluding tert-OH is 1. The maximum absolute atomic E-state index is 10.7. The molecule has 4 heteroatoms. The molecule has 0 aliphatic rings. The minimum Gasteiger partial charge on any atom is -0.464 e. The second kappa shape index (κ2) is 5.45. The van der Waals surface area contributed by atoms with Gasteiger partial charge in [-0.2, -0.15) is 0 Å². The fraction of sp³-hybridized carbons (Fsp3) is 0.188. The van der Waals surface area contributed by atoms with Crippen LogP contribution < -0.4 is 5.73 Å². The average Bonchev–Trinajstić information content (AvgIpc) is 2.93. The summed E-state index contributed by atoms with van der Waals surface area (Å²) in [5.74, 6) is -0.204. The Hall–Kier alpha value is -2.17.